The first-order valence-electron chi connectivity index (χ1n) is 6.14. The molecule has 0 saturated heterocycles. The highest BCUT2D eigenvalue weighted by atomic mass is 16.4. The Morgan fingerprint density at radius 2 is 2.26 bits per heavy atom. The molecular weight excluding hydrogens is 250 g/mol. The number of carbonyl (C=O) groups is 2. The monoisotopic (exact) mass is 269 g/mol. The number of aliphatic carboxylic acids is 1. The van der Waals surface area contributed by atoms with E-state index in [9.17, 15) is 9.59 Å². The van der Waals surface area contributed by atoms with Gasteiger partial charge in [0.1, 0.15) is 12.4 Å². The predicted octanol–water partition coefficient (Wildman–Crippen LogP) is 0.258. The quantitative estimate of drug-likeness (QED) is 0.657. The van der Waals surface area contributed by atoms with Gasteiger partial charge in [-0.2, -0.15) is 0 Å². The lowest BCUT2D eigenvalue weighted by Crippen LogP contribution is -2.45. The molecule has 3 N–H and O–H groups in total. The van der Waals surface area contributed by atoms with Crippen molar-refractivity contribution in [3.05, 3.63) is 12.2 Å². The lowest BCUT2D eigenvalue weighted by Gasteiger charge is -2.14. The summed E-state index contributed by atoms with van der Waals surface area (Å²) in [4.78, 5) is 22.5. The van der Waals surface area contributed by atoms with Crippen LogP contribution < -0.4 is 10.6 Å². The van der Waals surface area contributed by atoms with E-state index in [1.54, 1.807) is 11.6 Å². The van der Waals surface area contributed by atoms with Crippen LogP contribution in [0.25, 0.3) is 0 Å². The smallest absolute Gasteiger partial charge is 0.326 e. The molecule has 1 heterocycles. The summed E-state index contributed by atoms with van der Waals surface area (Å²) in [7, 11) is 1.76. The number of nitrogens with one attached hydrogen (secondary N) is 2. The number of aryl methyl sites for hydroxylation is 1. The van der Waals surface area contributed by atoms with E-state index in [4.69, 9.17) is 5.11 Å². The van der Waals surface area contributed by atoms with E-state index in [1.807, 2.05) is 6.92 Å². The van der Waals surface area contributed by atoms with Crippen LogP contribution in [0.15, 0.2) is 6.33 Å². The molecule has 0 fully saturated rings. The van der Waals surface area contributed by atoms with Crippen molar-refractivity contribution in [2.75, 3.05) is 0 Å². The molecule has 8 heteroatoms. The molecule has 2 amide bonds. The zero-order valence-electron chi connectivity index (χ0n) is 11.1. The SMILES string of the molecule is CCCCC(NC(=O)NCc1nncn1C)C(=O)O. The Hall–Kier alpha value is -2.12. The first-order valence-corrected chi connectivity index (χ1v) is 6.14. The van der Waals surface area contributed by atoms with Crippen molar-refractivity contribution in [1.82, 2.24) is 25.4 Å². The minimum atomic E-state index is -1.03. The fraction of sp³-hybridized carbons (Fsp3) is 0.636. The third kappa shape index (κ3) is 4.94. The van der Waals surface area contributed by atoms with Crippen molar-refractivity contribution in [2.24, 2.45) is 7.05 Å². The highest BCUT2D eigenvalue weighted by Gasteiger charge is 2.19. The summed E-state index contributed by atoms with van der Waals surface area (Å²) in [5.41, 5.74) is 0. The van der Waals surface area contributed by atoms with Crippen molar-refractivity contribution >= 4 is 12.0 Å². The molecule has 1 aromatic heterocycles. The number of hydrogen-bond acceptors (Lipinski definition) is 4. The summed E-state index contributed by atoms with van der Waals surface area (Å²) in [6.07, 6.45) is 3.58. The van der Waals surface area contributed by atoms with Crippen molar-refractivity contribution in [2.45, 2.75) is 38.8 Å². The molecule has 0 aliphatic heterocycles. The average molecular weight is 269 g/mol. The second kappa shape index (κ2) is 7.34. The van der Waals surface area contributed by atoms with E-state index < -0.39 is 18.0 Å². The maximum Gasteiger partial charge on any atom is 0.326 e. The van der Waals surface area contributed by atoms with Crippen LogP contribution in [0.3, 0.4) is 0 Å². The molecular formula is C11H19N5O3. The van der Waals surface area contributed by atoms with Crippen molar-refractivity contribution in [1.29, 1.82) is 0 Å². The van der Waals surface area contributed by atoms with E-state index in [0.29, 0.717) is 12.2 Å². The Labute approximate surface area is 111 Å². The molecule has 0 aliphatic rings. The topological polar surface area (TPSA) is 109 Å². The molecule has 0 spiro atoms. The van der Waals surface area contributed by atoms with Gasteiger partial charge in [-0.25, -0.2) is 9.59 Å². The van der Waals surface area contributed by atoms with Gasteiger partial charge in [0.05, 0.1) is 6.54 Å². The van der Waals surface area contributed by atoms with Crippen LogP contribution in [0.5, 0.6) is 0 Å². The maximum absolute atomic E-state index is 11.6. The van der Waals surface area contributed by atoms with Crippen LogP contribution in [0, 0.1) is 0 Å². The molecule has 1 rings (SSSR count). The van der Waals surface area contributed by atoms with Gasteiger partial charge in [0.2, 0.25) is 0 Å². The average Bonchev–Trinajstić information content (AvgIpc) is 2.77. The van der Waals surface area contributed by atoms with Crippen LogP contribution in [0.1, 0.15) is 32.0 Å². The van der Waals surface area contributed by atoms with Gasteiger partial charge in [-0.15, -0.1) is 10.2 Å². The molecule has 0 aromatic carbocycles. The molecule has 19 heavy (non-hydrogen) atoms. The number of hydrogen-bond donors (Lipinski definition) is 3. The third-order valence-electron chi connectivity index (χ3n) is 2.66. The number of carboxylic acid groups (broad SMARTS) is 1. The fourth-order valence-corrected chi connectivity index (χ4v) is 1.50. The molecule has 106 valence electrons. The van der Waals surface area contributed by atoms with Gasteiger partial charge in [0.15, 0.2) is 5.82 Å². The van der Waals surface area contributed by atoms with Gasteiger partial charge in [-0.1, -0.05) is 19.8 Å². The highest BCUT2D eigenvalue weighted by Crippen LogP contribution is 2.00. The molecule has 1 atom stereocenters. The Morgan fingerprint density at radius 1 is 1.53 bits per heavy atom. The van der Waals surface area contributed by atoms with Gasteiger partial charge in [0.25, 0.3) is 0 Å². The molecule has 1 aromatic rings. The Balaban J connectivity index is 2.40. The number of nitrogens with zero attached hydrogens (tertiary/aromatic N) is 3. The predicted molar refractivity (Wildman–Crippen MR) is 67.3 cm³/mol. The number of aromatic nitrogens is 3. The molecule has 8 nitrogen and oxygen atoms in total. The van der Waals surface area contributed by atoms with Crippen LogP contribution in [-0.2, 0) is 18.4 Å². The molecule has 0 aliphatic carbocycles. The van der Waals surface area contributed by atoms with Gasteiger partial charge >= 0.3 is 12.0 Å². The third-order valence-corrected chi connectivity index (χ3v) is 2.66. The number of urea groups is 1. The minimum absolute atomic E-state index is 0.197. The van der Waals surface area contributed by atoms with E-state index in [2.05, 4.69) is 20.8 Å². The number of rotatable bonds is 7. The standard InChI is InChI=1S/C11H19N5O3/c1-3-4-5-8(10(17)18)14-11(19)12-6-9-15-13-7-16(9)2/h7-8H,3-6H2,1-2H3,(H,17,18)(H2,12,14,19). The first kappa shape index (κ1) is 14.9. The number of carboxylic acids is 1. The van der Waals surface area contributed by atoms with Gasteiger partial charge in [-0.3, -0.25) is 0 Å². The van der Waals surface area contributed by atoms with E-state index in [0.717, 1.165) is 12.8 Å². The lowest BCUT2D eigenvalue weighted by atomic mass is 10.1. The Kier molecular flexibility index (Phi) is 5.77. The van der Waals surface area contributed by atoms with Gasteiger partial charge < -0.3 is 20.3 Å². The normalized spacial score (nSPS) is 11.9. The van der Waals surface area contributed by atoms with Crippen LogP contribution in [0.4, 0.5) is 4.79 Å². The summed E-state index contributed by atoms with van der Waals surface area (Å²) in [6, 6.07) is -1.38. The van der Waals surface area contributed by atoms with Gasteiger partial charge in [-0.05, 0) is 6.42 Å². The molecule has 1 unspecified atom stereocenters. The number of carbonyl (C=O) groups excluding carboxylic acids is 1. The summed E-state index contributed by atoms with van der Waals surface area (Å²) >= 11 is 0. The van der Waals surface area contributed by atoms with Crippen LogP contribution in [0.2, 0.25) is 0 Å². The van der Waals surface area contributed by atoms with Crippen molar-refractivity contribution in [3.63, 3.8) is 0 Å². The summed E-state index contributed by atoms with van der Waals surface area (Å²) in [5.74, 6) is -0.433. The molecule has 0 radical (unpaired) electrons. The fourth-order valence-electron chi connectivity index (χ4n) is 1.50. The molecule has 0 saturated carbocycles. The Morgan fingerprint density at radius 3 is 2.79 bits per heavy atom. The van der Waals surface area contributed by atoms with Gasteiger partial charge in [0, 0.05) is 7.05 Å². The zero-order chi connectivity index (χ0) is 14.3. The summed E-state index contributed by atoms with van der Waals surface area (Å²) in [5, 5.41) is 21.4. The summed E-state index contributed by atoms with van der Waals surface area (Å²) in [6.45, 7) is 2.16. The van der Waals surface area contributed by atoms with E-state index >= 15 is 0 Å². The van der Waals surface area contributed by atoms with E-state index in [1.165, 1.54) is 6.33 Å². The number of unbranched alkanes of at least 4 members (excludes halogenated alkanes) is 1. The largest absolute Gasteiger partial charge is 0.480 e. The second-order valence-electron chi connectivity index (χ2n) is 4.22. The lowest BCUT2D eigenvalue weighted by molar-refractivity contribution is -0.139. The van der Waals surface area contributed by atoms with Crippen LogP contribution in [-0.4, -0.2) is 37.9 Å². The second-order valence-corrected chi connectivity index (χ2v) is 4.22. The van der Waals surface area contributed by atoms with E-state index in [-0.39, 0.29) is 6.54 Å². The highest BCUT2D eigenvalue weighted by molar-refractivity contribution is 5.82. The summed E-state index contributed by atoms with van der Waals surface area (Å²) < 4.78 is 1.67. The zero-order valence-corrected chi connectivity index (χ0v) is 11.1. The Bertz CT molecular complexity index is 432. The maximum atomic E-state index is 11.6. The van der Waals surface area contributed by atoms with Crippen molar-refractivity contribution < 1.29 is 14.7 Å². The number of amides is 2. The first-order chi connectivity index (χ1) is 9.04. The molecule has 0 bridgehead atoms. The van der Waals surface area contributed by atoms with Crippen molar-refractivity contribution in [3.8, 4) is 0 Å². The van der Waals surface area contributed by atoms with Crippen LogP contribution >= 0.6 is 0 Å². The minimum Gasteiger partial charge on any atom is -0.480 e.